The predicted octanol–water partition coefficient (Wildman–Crippen LogP) is -3.04. The SMILES string of the molecule is N.O=P(O)(O)OP(=O)(O)OO.[H-].[K+]. The average Bonchev–Trinajstić information content (AvgIpc) is 1.60. The van der Waals surface area contributed by atoms with Gasteiger partial charge in [-0.3, -0.25) is 0 Å². The minimum Gasteiger partial charge on any atom is -1.00 e. The quantitative estimate of drug-likeness (QED) is 0.151. The van der Waals surface area contributed by atoms with Gasteiger partial charge in [0, 0.05) is 0 Å². The molecule has 12 heteroatoms. The van der Waals surface area contributed by atoms with Crippen LogP contribution in [0.5, 0.6) is 0 Å². The summed E-state index contributed by atoms with van der Waals surface area (Å²) in [4.78, 5) is 23.7. The molecule has 1 atom stereocenters. The fraction of sp³-hybridized carbons (Fsp3) is 0. The fourth-order valence-electron chi connectivity index (χ4n) is 0.149. The Kier molecular flexibility index (Phi) is 11.6. The van der Waals surface area contributed by atoms with E-state index in [0.29, 0.717) is 0 Å². The zero-order chi connectivity index (χ0) is 8.41. The molecule has 0 amide bonds. The second-order valence-corrected chi connectivity index (χ2v) is 3.86. The van der Waals surface area contributed by atoms with Crippen LogP contribution in [0.2, 0.25) is 0 Å². The van der Waals surface area contributed by atoms with Crippen LogP contribution in [-0.2, 0) is 18.1 Å². The summed E-state index contributed by atoms with van der Waals surface area (Å²) in [7, 11) is -10.1. The van der Waals surface area contributed by atoms with E-state index in [-0.39, 0.29) is 59.0 Å². The molecule has 0 rings (SSSR count). The number of phosphoric acid groups is 2. The van der Waals surface area contributed by atoms with Gasteiger partial charge < -0.3 is 22.3 Å². The van der Waals surface area contributed by atoms with E-state index in [0.717, 1.165) is 0 Å². The third-order valence-corrected chi connectivity index (χ3v) is 2.20. The number of hydrogen-bond acceptors (Lipinski definition) is 6. The van der Waals surface area contributed by atoms with Gasteiger partial charge in [-0.25, -0.2) is 14.4 Å². The van der Waals surface area contributed by atoms with Crippen molar-refractivity contribution in [1.82, 2.24) is 6.15 Å². The van der Waals surface area contributed by atoms with Crippen LogP contribution >= 0.6 is 15.6 Å². The molecule has 12 heavy (non-hydrogen) atoms. The van der Waals surface area contributed by atoms with Gasteiger partial charge in [-0.1, -0.05) is 0 Å². The molecule has 0 bridgehead atoms. The summed E-state index contributed by atoms with van der Waals surface area (Å²) in [5.74, 6) is 0. The smallest absolute Gasteiger partial charge is 1.00 e. The van der Waals surface area contributed by atoms with E-state index in [4.69, 9.17) is 19.9 Å². The average molecular weight is 251 g/mol. The second kappa shape index (κ2) is 7.15. The molecule has 7 N–H and O–H groups in total. The molecule has 0 spiro atoms. The van der Waals surface area contributed by atoms with Crippen molar-refractivity contribution >= 4 is 15.6 Å². The summed E-state index contributed by atoms with van der Waals surface area (Å²) in [5, 5.41) is 7.48. The first-order valence-corrected chi connectivity index (χ1v) is 4.72. The minimum absolute atomic E-state index is 0. The first kappa shape index (κ1) is 19.4. The van der Waals surface area contributed by atoms with Crippen molar-refractivity contribution in [3.8, 4) is 0 Å². The summed E-state index contributed by atoms with van der Waals surface area (Å²) in [6.45, 7) is 0. The fourth-order valence-corrected chi connectivity index (χ4v) is 1.34. The molecule has 0 aliphatic carbocycles. The number of rotatable bonds is 3. The van der Waals surface area contributed by atoms with Crippen LogP contribution in [-0.4, -0.2) is 19.9 Å². The molecule has 0 saturated heterocycles. The Morgan fingerprint density at radius 2 is 1.50 bits per heavy atom. The van der Waals surface area contributed by atoms with Crippen LogP contribution in [0, 0.1) is 0 Å². The van der Waals surface area contributed by atoms with Crippen molar-refractivity contribution in [3.63, 3.8) is 0 Å². The van der Waals surface area contributed by atoms with Crippen LogP contribution in [0.15, 0.2) is 0 Å². The molecule has 0 aliphatic rings. The van der Waals surface area contributed by atoms with E-state index in [1.165, 1.54) is 0 Å². The molecular formula is H8KNO8P2. The van der Waals surface area contributed by atoms with Gasteiger partial charge in [-0.05, 0) is 0 Å². The van der Waals surface area contributed by atoms with Gasteiger partial charge in [0.25, 0.3) is 0 Å². The first-order valence-electron chi connectivity index (χ1n) is 1.70. The standard InChI is InChI=1S/K.H3N.H4O8P2.H/c;;1-7-10(5,6)8-9(2,3)4;/h;1H3;1H,(H,5,6)(H2,2,3,4);/q+1;;;-1. The van der Waals surface area contributed by atoms with E-state index < -0.39 is 15.6 Å². The summed E-state index contributed by atoms with van der Waals surface area (Å²) >= 11 is 0. The normalized spacial score (nSPS) is 15.3. The monoisotopic (exact) mass is 251 g/mol. The Balaban J connectivity index is -0.000000135. The minimum atomic E-state index is -5.10. The van der Waals surface area contributed by atoms with E-state index in [9.17, 15) is 9.13 Å². The van der Waals surface area contributed by atoms with Gasteiger partial charge in [0.15, 0.2) is 0 Å². The zero-order valence-corrected chi connectivity index (χ0v) is 10.9. The van der Waals surface area contributed by atoms with Crippen LogP contribution < -0.4 is 57.5 Å². The maximum Gasteiger partial charge on any atom is 1.00 e. The summed E-state index contributed by atoms with van der Waals surface area (Å²) in [6, 6.07) is 0. The summed E-state index contributed by atoms with van der Waals surface area (Å²) in [6.07, 6.45) is 0. The first-order chi connectivity index (χ1) is 4.27. The Labute approximate surface area is 111 Å². The third kappa shape index (κ3) is 11.8. The third-order valence-electron chi connectivity index (χ3n) is 0.313. The van der Waals surface area contributed by atoms with Gasteiger partial charge in [-0.15, -0.1) is 4.67 Å². The molecule has 72 valence electrons. The molecule has 0 fully saturated rings. The van der Waals surface area contributed by atoms with Crippen molar-refractivity contribution in [2.24, 2.45) is 0 Å². The molecule has 0 saturated carbocycles. The van der Waals surface area contributed by atoms with Crippen LogP contribution in [0.1, 0.15) is 1.43 Å². The molecule has 0 aromatic heterocycles. The molecular weight excluding hydrogens is 243 g/mol. The Bertz CT molecular complexity index is 200. The van der Waals surface area contributed by atoms with Crippen molar-refractivity contribution in [2.75, 3.05) is 0 Å². The van der Waals surface area contributed by atoms with Crippen molar-refractivity contribution in [3.05, 3.63) is 0 Å². The molecule has 0 aromatic rings. The summed E-state index contributed by atoms with van der Waals surface area (Å²) in [5.41, 5.74) is 0. The van der Waals surface area contributed by atoms with Crippen molar-refractivity contribution in [1.29, 1.82) is 0 Å². The van der Waals surface area contributed by atoms with E-state index in [2.05, 4.69) is 8.99 Å². The van der Waals surface area contributed by atoms with Gasteiger partial charge >= 0.3 is 67.0 Å². The van der Waals surface area contributed by atoms with Gasteiger partial charge in [0.2, 0.25) is 0 Å². The van der Waals surface area contributed by atoms with Crippen LogP contribution in [0.4, 0.5) is 0 Å². The van der Waals surface area contributed by atoms with Gasteiger partial charge in [0.1, 0.15) is 0 Å². The predicted molar refractivity (Wildman–Crippen MR) is 32.8 cm³/mol. The maximum absolute atomic E-state index is 9.97. The maximum atomic E-state index is 9.97. The molecule has 0 aromatic carbocycles. The molecule has 0 heterocycles. The van der Waals surface area contributed by atoms with E-state index >= 15 is 0 Å². The van der Waals surface area contributed by atoms with E-state index in [1.807, 2.05) is 0 Å². The van der Waals surface area contributed by atoms with Crippen molar-refractivity contribution in [2.45, 2.75) is 0 Å². The second-order valence-electron chi connectivity index (χ2n) is 1.12. The van der Waals surface area contributed by atoms with Crippen molar-refractivity contribution < 1.29 is 90.9 Å². The van der Waals surface area contributed by atoms with E-state index in [1.54, 1.807) is 0 Å². The van der Waals surface area contributed by atoms with Crippen LogP contribution in [0.3, 0.4) is 0 Å². The molecule has 0 radical (unpaired) electrons. The summed E-state index contributed by atoms with van der Waals surface area (Å²) < 4.78 is 25.5. The largest absolute Gasteiger partial charge is 1.00 e. The molecule has 9 nitrogen and oxygen atoms in total. The zero-order valence-electron chi connectivity index (χ0n) is 7.02. The van der Waals surface area contributed by atoms with Gasteiger partial charge in [-0.2, -0.15) is 4.31 Å². The van der Waals surface area contributed by atoms with Crippen LogP contribution in [0.25, 0.3) is 0 Å². The van der Waals surface area contributed by atoms with Gasteiger partial charge in [0.05, 0.1) is 0 Å². The Morgan fingerprint density at radius 1 is 1.17 bits per heavy atom. The Hall–Kier alpha value is 1.82. The molecule has 1 unspecified atom stereocenters. The Morgan fingerprint density at radius 3 is 1.58 bits per heavy atom. The topological polar surface area (TPSA) is 169 Å². The number of hydrogen-bond donors (Lipinski definition) is 5. The molecule has 0 aliphatic heterocycles.